The van der Waals surface area contributed by atoms with Crippen molar-refractivity contribution in [1.29, 1.82) is 0 Å². The molecule has 0 bridgehead atoms. The third-order valence-electron chi connectivity index (χ3n) is 2.61. The Morgan fingerprint density at radius 2 is 1.81 bits per heavy atom. The monoisotopic (exact) mass is 215 g/mol. The minimum absolute atomic E-state index is 0.429. The normalized spacial score (nSPS) is 9.62. The van der Waals surface area contributed by atoms with Crippen LogP contribution in [0.2, 0.25) is 0 Å². The van der Waals surface area contributed by atoms with E-state index in [0.29, 0.717) is 6.54 Å². The number of hydrogen-bond acceptors (Lipinski definition) is 1. The molecule has 2 N–H and O–H groups in total. The van der Waals surface area contributed by atoms with Crippen molar-refractivity contribution < 1.29 is 0 Å². The van der Waals surface area contributed by atoms with Crippen LogP contribution in [0.4, 0.5) is 0 Å². The van der Waals surface area contributed by atoms with E-state index in [-0.39, 0.29) is 0 Å². The molecular weight excluding hydrogens is 194 g/mol. The van der Waals surface area contributed by atoms with E-state index >= 15 is 0 Å². The average molecular weight is 215 g/mol. The standard InChI is InChI=1S/C15H21N/c1-2-3-4-5-7-14-9-11-15(12-10-14)8-6-13-16/h9-12H,2-5,7,13,16H2,1H3. The molecule has 0 aliphatic carbocycles. The molecule has 1 nitrogen and oxygen atoms in total. The van der Waals surface area contributed by atoms with Crippen LogP contribution in [-0.2, 0) is 6.42 Å². The average Bonchev–Trinajstić information content (AvgIpc) is 2.33. The fourth-order valence-corrected chi connectivity index (χ4v) is 1.66. The highest BCUT2D eigenvalue weighted by atomic mass is 14.5. The first-order valence-electron chi connectivity index (χ1n) is 6.14. The smallest absolute Gasteiger partial charge is 0.0555 e. The zero-order valence-electron chi connectivity index (χ0n) is 10.1. The molecule has 0 aromatic heterocycles. The zero-order chi connectivity index (χ0) is 11.6. The summed E-state index contributed by atoms with van der Waals surface area (Å²) in [5.74, 6) is 5.89. The van der Waals surface area contributed by atoms with Gasteiger partial charge in [0.25, 0.3) is 0 Å². The number of unbranched alkanes of at least 4 members (excludes halogenated alkanes) is 3. The number of nitrogens with two attached hydrogens (primary N) is 1. The Morgan fingerprint density at radius 1 is 1.06 bits per heavy atom. The van der Waals surface area contributed by atoms with Crippen LogP contribution in [0.3, 0.4) is 0 Å². The molecule has 0 saturated carbocycles. The highest BCUT2D eigenvalue weighted by Crippen LogP contribution is 2.09. The molecule has 0 spiro atoms. The van der Waals surface area contributed by atoms with E-state index in [0.717, 1.165) is 5.56 Å². The van der Waals surface area contributed by atoms with Crippen LogP contribution in [0.25, 0.3) is 0 Å². The summed E-state index contributed by atoms with van der Waals surface area (Å²) in [6.07, 6.45) is 6.46. The summed E-state index contributed by atoms with van der Waals surface area (Å²) in [6, 6.07) is 8.51. The van der Waals surface area contributed by atoms with Crippen molar-refractivity contribution in [2.45, 2.75) is 39.0 Å². The van der Waals surface area contributed by atoms with E-state index in [1.54, 1.807) is 0 Å². The van der Waals surface area contributed by atoms with Gasteiger partial charge in [0.15, 0.2) is 0 Å². The molecule has 0 fully saturated rings. The molecule has 0 saturated heterocycles. The van der Waals surface area contributed by atoms with Crippen molar-refractivity contribution in [3.05, 3.63) is 35.4 Å². The van der Waals surface area contributed by atoms with Gasteiger partial charge in [0.2, 0.25) is 0 Å². The van der Waals surface area contributed by atoms with Gasteiger partial charge in [-0.15, -0.1) is 0 Å². The second kappa shape index (κ2) is 7.96. The summed E-state index contributed by atoms with van der Waals surface area (Å²) in [5, 5.41) is 0. The number of rotatable bonds is 5. The highest BCUT2D eigenvalue weighted by Gasteiger charge is 1.93. The van der Waals surface area contributed by atoms with Crippen molar-refractivity contribution in [3.8, 4) is 11.8 Å². The molecule has 1 rings (SSSR count). The van der Waals surface area contributed by atoms with Gasteiger partial charge in [-0.25, -0.2) is 0 Å². The Bertz CT molecular complexity index is 340. The summed E-state index contributed by atoms with van der Waals surface area (Å²) in [6.45, 7) is 2.67. The van der Waals surface area contributed by atoms with Gasteiger partial charge in [-0.05, 0) is 30.5 Å². The molecule has 0 radical (unpaired) electrons. The molecular formula is C15H21N. The minimum Gasteiger partial charge on any atom is -0.320 e. The summed E-state index contributed by atoms with van der Waals surface area (Å²) < 4.78 is 0. The number of hydrogen-bond donors (Lipinski definition) is 1. The maximum Gasteiger partial charge on any atom is 0.0555 e. The molecule has 16 heavy (non-hydrogen) atoms. The van der Waals surface area contributed by atoms with Crippen molar-refractivity contribution in [2.24, 2.45) is 5.73 Å². The Labute approximate surface area is 99.1 Å². The lowest BCUT2D eigenvalue weighted by molar-refractivity contribution is 0.667. The van der Waals surface area contributed by atoms with Crippen molar-refractivity contribution in [2.75, 3.05) is 6.54 Å². The molecule has 0 aliphatic rings. The SMILES string of the molecule is CCCCCCc1ccc(C#CCN)cc1. The van der Waals surface area contributed by atoms with E-state index < -0.39 is 0 Å². The molecule has 0 atom stereocenters. The second-order valence-corrected chi connectivity index (χ2v) is 4.01. The molecule has 0 heterocycles. The Kier molecular flexibility index (Phi) is 6.37. The second-order valence-electron chi connectivity index (χ2n) is 4.01. The first-order chi connectivity index (χ1) is 7.86. The van der Waals surface area contributed by atoms with Crippen LogP contribution in [-0.4, -0.2) is 6.54 Å². The Hall–Kier alpha value is -1.26. The van der Waals surface area contributed by atoms with E-state index in [1.165, 1.54) is 37.7 Å². The summed E-state index contributed by atoms with van der Waals surface area (Å²) in [5.41, 5.74) is 7.80. The molecule has 1 heteroatoms. The van der Waals surface area contributed by atoms with Gasteiger partial charge in [-0.1, -0.05) is 50.2 Å². The predicted octanol–water partition coefficient (Wildman–Crippen LogP) is 3.12. The number of benzene rings is 1. The lowest BCUT2D eigenvalue weighted by Crippen LogP contribution is -1.93. The molecule has 0 unspecified atom stereocenters. The van der Waals surface area contributed by atoms with Gasteiger partial charge in [0.1, 0.15) is 0 Å². The first kappa shape index (κ1) is 12.8. The van der Waals surface area contributed by atoms with E-state index in [1.807, 2.05) is 0 Å². The first-order valence-corrected chi connectivity index (χ1v) is 6.14. The third-order valence-corrected chi connectivity index (χ3v) is 2.61. The quantitative estimate of drug-likeness (QED) is 0.592. The van der Waals surface area contributed by atoms with Gasteiger partial charge >= 0.3 is 0 Å². The van der Waals surface area contributed by atoms with Gasteiger partial charge in [0, 0.05) is 5.56 Å². The molecule has 0 amide bonds. The van der Waals surface area contributed by atoms with Crippen LogP contribution in [0, 0.1) is 11.8 Å². The largest absolute Gasteiger partial charge is 0.320 e. The van der Waals surface area contributed by atoms with E-state index in [4.69, 9.17) is 5.73 Å². The highest BCUT2D eigenvalue weighted by molar-refractivity contribution is 5.36. The van der Waals surface area contributed by atoms with Crippen LogP contribution in [0.1, 0.15) is 43.7 Å². The van der Waals surface area contributed by atoms with Gasteiger partial charge < -0.3 is 5.73 Å². The summed E-state index contributed by atoms with van der Waals surface area (Å²) >= 11 is 0. The van der Waals surface area contributed by atoms with Gasteiger partial charge in [0.05, 0.1) is 6.54 Å². The van der Waals surface area contributed by atoms with Crippen LogP contribution in [0.15, 0.2) is 24.3 Å². The maximum absolute atomic E-state index is 5.33. The summed E-state index contributed by atoms with van der Waals surface area (Å²) in [4.78, 5) is 0. The Balaban J connectivity index is 2.39. The minimum atomic E-state index is 0.429. The Morgan fingerprint density at radius 3 is 2.44 bits per heavy atom. The van der Waals surface area contributed by atoms with Crippen molar-refractivity contribution in [3.63, 3.8) is 0 Å². The van der Waals surface area contributed by atoms with Crippen LogP contribution >= 0.6 is 0 Å². The van der Waals surface area contributed by atoms with Crippen molar-refractivity contribution in [1.82, 2.24) is 0 Å². The van der Waals surface area contributed by atoms with Gasteiger partial charge in [-0.2, -0.15) is 0 Å². The molecule has 1 aromatic rings. The van der Waals surface area contributed by atoms with Crippen molar-refractivity contribution >= 4 is 0 Å². The van der Waals surface area contributed by atoms with E-state index in [2.05, 4.69) is 43.0 Å². The molecule has 0 aliphatic heterocycles. The van der Waals surface area contributed by atoms with Gasteiger partial charge in [-0.3, -0.25) is 0 Å². The topological polar surface area (TPSA) is 26.0 Å². The fraction of sp³-hybridized carbons (Fsp3) is 0.467. The molecule has 1 aromatic carbocycles. The van der Waals surface area contributed by atoms with Crippen LogP contribution in [0.5, 0.6) is 0 Å². The fourth-order valence-electron chi connectivity index (χ4n) is 1.66. The lowest BCUT2D eigenvalue weighted by atomic mass is 10.0. The number of aryl methyl sites for hydroxylation is 1. The predicted molar refractivity (Wildman–Crippen MR) is 70.2 cm³/mol. The molecule has 86 valence electrons. The maximum atomic E-state index is 5.33. The summed E-state index contributed by atoms with van der Waals surface area (Å²) in [7, 11) is 0. The lowest BCUT2D eigenvalue weighted by Gasteiger charge is -2.01. The zero-order valence-corrected chi connectivity index (χ0v) is 10.1. The van der Waals surface area contributed by atoms with Crippen LogP contribution < -0.4 is 5.73 Å². The van der Waals surface area contributed by atoms with E-state index in [9.17, 15) is 0 Å². The third kappa shape index (κ3) is 5.00.